The summed E-state index contributed by atoms with van der Waals surface area (Å²) in [6, 6.07) is 5.12. The zero-order chi connectivity index (χ0) is 15.0. The van der Waals surface area contributed by atoms with Gasteiger partial charge in [-0.05, 0) is 19.1 Å². The molecule has 0 aromatic heterocycles. The predicted octanol–water partition coefficient (Wildman–Crippen LogP) is -0.0734. The molecule has 6 nitrogen and oxygen atoms in total. The van der Waals surface area contributed by atoms with Crippen molar-refractivity contribution in [3.05, 3.63) is 34.9 Å². The van der Waals surface area contributed by atoms with E-state index in [1.54, 1.807) is 18.2 Å². The lowest BCUT2D eigenvalue weighted by Gasteiger charge is -2.27. The van der Waals surface area contributed by atoms with Crippen molar-refractivity contribution in [3.63, 3.8) is 0 Å². The van der Waals surface area contributed by atoms with Crippen LogP contribution in [0.15, 0.2) is 18.2 Å². The fourth-order valence-corrected chi connectivity index (χ4v) is 2.50. The van der Waals surface area contributed by atoms with Gasteiger partial charge < -0.3 is 10.6 Å². The fraction of sp³-hybridized carbons (Fsp3) is 0.400. The second kappa shape index (κ2) is 5.29. The fourth-order valence-electron chi connectivity index (χ4n) is 2.50. The van der Waals surface area contributed by atoms with Gasteiger partial charge >= 0.3 is 0 Å². The zero-order valence-electron chi connectivity index (χ0n) is 11.8. The summed E-state index contributed by atoms with van der Waals surface area (Å²) in [5, 5.41) is 5.89. The van der Waals surface area contributed by atoms with E-state index in [0.29, 0.717) is 23.6 Å². The summed E-state index contributed by atoms with van der Waals surface area (Å²) in [5.41, 5.74) is 1.68. The van der Waals surface area contributed by atoms with Gasteiger partial charge in [0.15, 0.2) is 0 Å². The van der Waals surface area contributed by atoms with Gasteiger partial charge in [0, 0.05) is 25.6 Å². The van der Waals surface area contributed by atoms with Gasteiger partial charge in [0.1, 0.15) is 6.54 Å². The minimum atomic E-state index is -0.393. The first kappa shape index (κ1) is 13.8. The second-order valence-corrected chi connectivity index (χ2v) is 5.57. The molecule has 2 heterocycles. The number of carbonyl (C=O) groups is 3. The number of benzene rings is 1. The molecule has 3 rings (SSSR count). The normalized spacial score (nSPS) is 17.7. The van der Waals surface area contributed by atoms with Crippen LogP contribution in [-0.4, -0.2) is 48.8 Å². The lowest BCUT2D eigenvalue weighted by atomic mass is 10.0. The Morgan fingerprint density at radius 2 is 2.00 bits per heavy atom. The molecular weight excluding hydrogens is 270 g/mol. The maximum absolute atomic E-state index is 12.2. The van der Waals surface area contributed by atoms with Crippen LogP contribution < -0.4 is 10.6 Å². The van der Waals surface area contributed by atoms with Gasteiger partial charge in [0.25, 0.3) is 11.8 Å². The number of hydrogen-bond donors (Lipinski definition) is 2. The van der Waals surface area contributed by atoms with Gasteiger partial charge in [-0.15, -0.1) is 0 Å². The van der Waals surface area contributed by atoms with Crippen LogP contribution in [0, 0.1) is 12.8 Å². The van der Waals surface area contributed by atoms with Crippen molar-refractivity contribution in [1.82, 2.24) is 15.5 Å². The summed E-state index contributed by atoms with van der Waals surface area (Å²) in [5.74, 6) is -0.637. The maximum atomic E-state index is 12.2. The summed E-state index contributed by atoms with van der Waals surface area (Å²) >= 11 is 0. The summed E-state index contributed by atoms with van der Waals surface area (Å²) in [4.78, 5) is 37.3. The van der Waals surface area contributed by atoms with E-state index in [4.69, 9.17) is 0 Å². The molecule has 1 aromatic carbocycles. The standard InChI is InChI=1S/C15H17N3O3/c1-9-2-3-11-12(4-9)15(21)18(14(11)20)8-13(19)17-7-10-5-16-6-10/h2-4,10,16H,5-8H2,1H3,(H,17,19). The highest BCUT2D eigenvalue weighted by Crippen LogP contribution is 2.23. The Balaban J connectivity index is 1.65. The summed E-state index contributed by atoms with van der Waals surface area (Å²) in [7, 11) is 0. The number of rotatable bonds is 4. The molecule has 2 N–H and O–H groups in total. The molecule has 1 saturated heterocycles. The molecule has 0 radical (unpaired) electrons. The van der Waals surface area contributed by atoms with Crippen molar-refractivity contribution in [2.24, 2.45) is 5.92 Å². The van der Waals surface area contributed by atoms with Crippen molar-refractivity contribution < 1.29 is 14.4 Å². The van der Waals surface area contributed by atoms with Crippen LogP contribution in [-0.2, 0) is 4.79 Å². The number of carbonyl (C=O) groups excluding carboxylic acids is 3. The van der Waals surface area contributed by atoms with Crippen molar-refractivity contribution in [1.29, 1.82) is 0 Å². The molecular formula is C15H17N3O3. The van der Waals surface area contributed by atoms with Crippen LogP contribution >= 0.6 is 0 Å². The van der Waals surface area contributed by atoms with Crippen molar-refractivity contribution in [3.8, 4) is 0 Å². The minimum Gasteiger partial charge on any atom is -0.354 e. The molecule has 6 heteroatoms. The molecule has 2 aliphatic rings. The molecule has 110 valence electrons. The predicted molar refractivity (Wildman–Crippen MR) is 75.9 cm³/mol. The third-order valence-electron chi connectivity index (χ3n) is 3.88. The quantitative estimate of drug-likeness (QED) is 0.760. The third kappa shape index (κ3) is 2.54. The number of hydrogen-bond acceptors (Lipinski definition) is 4. The molecule has 2 aliphatic heterocycles. The Bertz CT molecular complexity index is 623. The van der Waals surface area contributed by atoms with Crippen LogP contribution in [0.4, 0.5) is 0 Å². The molecule has 0 saturated carbocycles. The van der Waals surface area contributed by atoms with Gasteiger partial charge in [0.05, 0.1) is 11.1 Å². The van der Waals surface area contributed by atoms with Gasteiger partial charge in [0.2, 0.25) is 5.91 Å². The maximum Gasteiger partial charge on any atom is 0.262 e. The smallest absolute Gasteiger partial charge is 0.262 e. The van der Waals surface area contributed by atoms with E-state index < -0.39 is 5.91 Å². The first-order chi connectivity index (χ1) is 10.1. The number of imide groups is 1. The van der Waals surface area contributed by atoms with Crippen molar-refractivity contribution >= 4 is 17.7 Å². The first-order valence-corrected chi connectivity index (χ1v) is 7.00. The van der Waals surface area contributed by atoms with E-state index in [2.05, 4.69) is 10.6 Å². The number of fused-ring (bicyclic) bond motifs is 1. The Morgan fingerprint density at radius 3 is 2.67 bits per heavy atom. The summed E-state index contributed by atoms with van der Waals surface area (Å²) < 4.78 is 0. The van der Waals surface area contributed by atoms with Crippen LogP contribution in [0.3, 0.4) is 0 Å². The minimum absolute atomic E-state index is 0.217. The van der Waals surface area contributed by atoms with Gasteiger partial charge in [-0.2, -0.15) is 0 Å². The Labute approximate surface area is 122 Å². The molecule has 0 unspecified atom stereocenters. The second-order valence-electron chi connectivity index (χ2n) is 5.57. The van der Waals surface area contributed by atoms with Crippen LogP contribution in [0.25, 0.3) is 0 Å². The number of nitrogens with zero attached hydrogens (tertiary/aromatic N) is 1. The van der Waals surface area contributed by atoms with E-state index in [9.17, 15) is 14.4 Å². The Hall–Kier alpha value is -2.21. The van der Waals surface area contributed by atoms with E-state index in [1.165, 1.54) is 0 Å². The molecule has 1 fully saturated rings. The van der Waals surface area contributed by atoms with Gasteiger partial charge in [-0.25, -0.2) is 0 Å². The van der Waals surface area contributed by atoms with Crippen LogP contribution in [0.1, 0.15) is 26.3 Å². The summed E-state index contributed by atoms with van der Waals surface area (Å²) in [6.45, 7) is 4.01. The molecule has 3 amide bonds. The average molecular weight is 287 g/mol. The lowest BCUT2D eigenvalue weighted by Crippen LogP contribution is -2.49. The Morgan fingerprint density at radius 1 is 1.29 bits per heavy atom. The lowest BCUT2D eigenvalue weighted by molar-refractivity contribution is -0.121. The van der Waals surface area contributed by atoms with Crippen molar-refractivity contribution in [2.75, 3.05) is 26.2 Å². The SMILES string of the molecule is Cc1ccc2c(c1)C(=O)N(CC(=O)NCC1CNC1)C2=O. The van der Waals surface area contributed by atoms with Crippen molar-refractivity contribution in [2.45, 2.75) is 6.92 Å². The third-order valence-corrected chi connectivity index (χ3v) is 3.88. The largest absolute Gasteiger partial charge is 0.354 e. The first-order valence-electron chi connectivity index (χ1n) is 7.00. The van der Waals surface area contributed by atoms with Gasteiger partial charge in [-0.1, -0.05) is 11.6 Å². The van der Waals surface area contributed by atoms with E-state index >= 15 is 0 Å². The van der Waals surface area contributed by atoms with Gasteiger partial charge in [-0.3, -0.25) is 19.3 Å². The van der Waals surface area contributed by atoms with E-state index in [0.717, 1.165) is 23.6 Å². The Kier molecular flexibility index (Phi) is 3.47. The van der Waals surface area contributed by atoms with E-state index in [-0.39, 0.29) is 18.4 Å². The monoisotopic (exact) mass is 287 g/mol. The molecule has 0 aliphatic carbocycles. The highest BCUT2D eigenvalue weighted by molar-refractivity contribution is 6.22. The zero-order valence-corrected chi connectivity index (χ0v) is 11.8. The highest BCUT2D eigenvalue weighted by Gasteiger charge is 2.36. The van der Waals surface area contributed by atoms with Crippen LogP contribution in [0.2, 0.25) is 0 Å². The molecule has 21 heavy (non-hydrogen) atoms. The topological polar surface area (TPSA) is 78.5 Å². The average Bonchev–Trinajstić information content (AvgIpc) is 2.62. The number of aryl methyl sites for hydroxylation is 1. The van der Waals surface area contributed by atoms with E-state index in [1.807, 2.05) is 6.92 Å². The molecule has 0 atom stereocenters. The number of nitrogens with one attached hydrogen (secondary N) is 2. The highest BCUT2D eigenvalue weighted by atomic mass is 16.2. The number of amides is 3. The summed E-state index contributed by atoms with van der Waals surface area (Å²) in [6.07, 6.45) is 0. The molecule has 1 aromatic rings. The van der Waals surface area contributed by atoms with Crippen LogP contribution in [0.5, 0.6) is 0 Å². The molecule has 0 bridgehead atoms. The molecule has 0 spiro atoms.